The Kier molecular flexibility index (Phi) is 12.2. The molecule has 0 radical (unpaired) electrons. The average molecular weight is 238 g/mol. The minimum atomic E-state index is -0.668. The monoisotopic (exact) mass is 236 g/mol. The summed E-state index contributed by atoms with van der Waals surface area (Å²) in [6.45, 7) is 4.44. The molecule has 3 heteroatoms. The van der Waals surface area contributed by atoms with Crippen molar-refractivity contribution >= 4 is 5.97 Å². The number of hydrogen-bond donors (Lipinski definition) is 1. The molecule has 13 heavy (non-hydrogen) atoms. The molecule has 0 spiro atoms. The molecule has 0 aromatic rings. The fourth-order valence-corrected chi connectivity index (χ4v) is 1.18. The van der Waals surface area contributed by atoms with Crippen LogP contribution >= 0.6 is 0 Å². The Labute approximate surface area is 93.9 Å². The van der Waals surface area contributed by atoms with Crippen molar-refractivity contribution in [2.45, 2.75) is 52.4 Å². The van der Waals surface area contributed by atoms with Crippen molar-refractivity contribution in [1.82, 2.24) is 0 Å². The second-order valence-electron chi connectivity index (χ2n) is 3.74. The molecule has 0 aliphatic heterocycles. The smallest absolute Gasteiger partial charge is 0.303 e. The second-order valence-corrected chi connectivity index (χ2v) is 3.74. The van der Waals surface area contributed by atoms with E-state index in [1.54, 1.807) is 0 Å². The summed E-state index contributed by atoms with van der Waals surface area (Å²) in [6, 6.07) is 0. The van der Waals surface area contributed by atoms with Crippen molar-refractivity contribution in [3.05, 3.63) is 0 Å². The van der Waals surface area contributed by atoms with Gasteiger partial charge in [-0.2, -0.15) is 0 Å². The molecule has 0 unspecified atom stereocenters. The first-order valence-corrected chi connectivity index (χ1v) is 4.84. The van der Waals surface area contributed by atoms with Gasteiger partial charge in [-0.3, -0.25) is 4.79 Å². The third-order valence-corrected chi connectivity index (χ3v) is 1.92. The van der Waals surface area contributed by atoms with Crippen LogP contribution in [0.4, 0.5) is 0 Å². The Morgan fingerprint density at radius 1 is 1.15 bits per heavy atom. The minimum Gasteiger partial charge on any atom is -0.481 e. The number of hydrogen-bond acceptors (Lipinski definition) is 1. The molecule has 0 aromatic carbocycles. The van der Waals surface area contributed by atoms with Crippen LogP contribution in [0, 0.1) is 5.92 Å². The average Bonchev–Trinajstić information content (AvgIpc) is 1.95. The van der Waals surface area contributed by atoms with Gasteiger partial charge in [0.25, 0.3) is 0 Å². The van der Waals surface area contributed by atoms with E-state index in [0.717, 1.165) is 18.8 Å². The van der Waals surface area contributed by atoms with Gasteiger partial charge in [0.15, 0.2) is 0 Å². The first-order chi connectivity index (χ1) is 5.63. The van der Waals surface area contributed by atoms with Crippen LogP contribution in [0.25, 0.3) is 0 Å². The van der Waals surface area contributed by atoms with Gasteiger partial charge in [0.1, 0.15) is 0 Å². The van der Waals surface area contributed by atoms with E-state index in [-0.39, 0.29) is 19.5 Å². The van der Waals surface area contributed by atoms with E-state index >= 15 is 0 Å². The Morgan fingerprint density at radius 3 is 2.15 bits per heavy atom. The van der Waals surface area contributed by atoms with Gasteiger partial charge in [0.2, 0.25) is 0 Å². The normalized spacial score (nSPS) is 9.77. The summed E-state index contributed by atoms with van der Waals surface area (Å²) in [4.78, 5) is 10.1. The summed E-state index contributed by atoms with van der Waals surface area (Å²) in [7, 11) is 0. The number of unbranched alkanes of at least 4 members (excludes halogenated alkanes) is 3. The molecule has 0 atom stereocenters. The van der Waals surface area contributed by atoms with Gasteiger partial charge in [0, 0.05) is 25.9 Å². The van der Waals surface area contributed by atoms with Crippen molar-refractivity contribution in [3.63, 3.8) is 0 Å². The van der Waals surface area contributed by atoms with Crippen molar-refractivity contribution < 1.29 is 29.4 Å². The topological polar surface area (TPSA) is 37.3 Å². The van der Waals surface area contributed by atoms with E-state index in [4.69, 9.17) is 5.11 Å². The molecular formula is C10H20O2Zn. The maximum atomic E-state index is 10.1. The molecule has 0 aliphatic rings. The maximum absolute atomic E-state index is 10.1. The van der Waals surface area contributed by atoms with E-state index in [1.165, 1.54) is 19.3 Å². The molecule has 0 heterocycles. The van der Waals surface area contributed by atoms with Crippen LogP contribution in [-0.2, 0) is 24.3 Å². The van der Waals surface area contributed by atoms with Crippen molar-refractivity contribution in [2.24, 2.45) is 5.92 Å². The standard InChI is InChI=1S/C10H20O2.Zn/c1-9(2)7-5-3-4-6-8-10(11)12;/h9H,3-8H2,1-2H3,(H,11,12);. The molecule has 0 aliphatic carbocycles. The zero-order valence-electron chi connectivity index (χ0n) is 8.88. The first-order valence-electron chi connectivity index (χ1n) is 4.84. The number of rotatable bonds is 7. The van der Waals surface area contributed by atoms with E-state index in [9.17, 15) is 4.79 Å². The van der Waals surface area contributed by atoms with Crippen LogP contribution in [0.15, 0.2) is 0 Å². The Hall–Kier alpha value is 0.0934. The molecule has 0 saturated carbocycles. The fourth-order valence-electron chi connectivity index (χ4n) is 1.18. The van der Waals surface area contributed by atoms with E-state index in [2.05, 4.69) is 13.8 Å². The molecule has 0 amide bonds. The first kappa shape index (κ1) is 15.6. The van der Waals surface area contributed by atoms with Crippen LogP contribution < -0.4 is 0 Å². The van der Waals surface area contributed by atoms with Crippen molar-refractivity contribution in [2.75, 3.05) is 0 Å². The molecule has 1 N–H and O–H groups in total. The van der Waals surface area contributed by atoms with Crippen LogP contribution in [0.1, 0.15) is 52.4 Å². The van der Waals surface area contributed by atoms with Crippen molar-refractivity contribution in [3.8, 4) is 0 Å². The van der Waals surface area contributed by atoms with Gasteiger partial charge in [0.05, 0.1) is 0 Å². The maximum Gasteiger partial charge on any atom is 0.303 e. The Balaban J connectivity index is 0. The zero-order chi connectivity index (χ0) is 9.40. The van der Waals surface area contributed by atoms with E-state index in [0.29, 0.717) is 6.42 Å². The van der Waals surface area contributed by atoms with Gasteiger partial charge >= 0.3 is 5.97 Å². The van der Waals surface area contributed by atoms with Crippen molar-refractivity contribution in [1.29, 1.82) is 0 Å². The SMILES string of the molecule is CC(C)CCCCCCC(=O)O.[Zn]. The number of aliphatic carboxylic acids is 1. The zero-order valence-corrected chi connectivity index (χ0v) is 11.8. The molecule has 2 nitrogen and oxygen atoms in total. The Bertz CT molecular complexity index is 124. The third-order valence-electron chi connectivity index (χ3n) is 1.92. The van der Waals surface area contributed by atoms with Gasteiger partial charge in [-0.15, -0.1) is 0 Å². The summed E-state index contributed by atoms with van der Waals surface area (Å²) in [5, 5.41) is 8.36. The molecule has 0 rings (SSSR count). The van der Waals surface area contributed by atoms with Crippen LogP contribution in [0.2, 0.25) is 0 Å². The fraction of sp³-hybridized carbons (Fsp3) is 0.900. The predicted molar refractivity (Wildman–Crippen MR) is 50.2 cm³/mol. The summed E-state index contributed by atoms with van der Waals surface area (Å²) in [5.41, 5.74) is 0. The van der Waals surface area contributed by atoms with Crippen LogP contribution in [-0.4, -0.2) is 11.1 Å². The molecular weight excluding hydrogens is 217 g/mol. The number of carboxylic acids is 1. The van der Waals surface area contributed by atoms with Crippen LogP contribution in [0.3, 0.4) is 0 Å². The summed E-state index contributed by atoms with van der Waals surface area (Å²) in [5.74, 6) is 0.114. The summed E-state index contributed by atoms with van der Waals surface area (Å²) >= 11 is 0. The summed E-state index contributed by atoms with van der Waals surface area (Å²) in [6.07, 6.45) is 5.95. The van der Waals surface area contributed by atoms with E-state index in [1.807, 2.05) is 0 Å². The number of carboxylic acid groups (broad SMARTS) is 1. The third kappa shape index (κ3) is 14.9. The van der Waals surface area contributed by atoms with Gasteiger partial charge in [-0.25, -0.2) is 0 Å². The van der Waals surface area contributed by atoms with Gasteiger partial charge in [-0.1, -0.05) is 39.5 Å². The minimum absolute atomic E-state index is 0. The van der Waals surface area contributed by atoms with E-state index < -0.39 is 5.97 Å². The molecule has 0 bridgehead atoms. The predicted octanol–water partition coefficient (Wildman–Crippen LogP) is 3.07. The summed E-state index contributed by atoms with van der Waals surface area (Å²) < 4.78 is 0. The van der Waals surface area contributed by atoms with Gasteiger partial charge in [-0.05, 0) is 12.3 Å². The molecule has 0 aromatic heterocycles. The molecule has 0 fully saturated rings. The number of carbonyl (C=O) groups is 1. The second kappa shape index (κ2) is 10.2. The molecule has 0 saturated heterocycles. The Morgan fingerprint density at radius 2 is 1.69 bits per heavy atom. The molecule has 74 valence electrons. The van der Waals surface area contributed by atoms with Crippen LogP contribution in [0.5, 0.6) is 0 Å². The quantitative estimate of drug-likeness (QED) is 0.546. The largest absolute Gasteiger partial charge is 0.481 e. The van der Waals surface area contributed by atoms with Gasteiger partial charge < -0.3 is 5.11 Å².